The van der Waals surface area contributed by atoms with Gasteiger partial charge in [-0.1, -0.05) is 20.3 Å². The van der Waals surface area contributed by atoms with Crippen LogP contribution in [0.1, 0.15) is 13.8 Å². The van der Waals surface area contributed by atoms with Crippen molar-refractivity contribution in [1.82, 2.24) is 4.90 Å². The molecule has 0 spiro atoms. The first-order chi connectivity index (χ1) is 3.66. The van der Waals surface area contributed by atoms with E-state index in [9.17, 15) is 0 Å². The first-order valence-corrected chi connectivity index (χ1v) is 2.84. The van der Waals surface area contributed by atoms with Crippen molar-refractivity contribution in [2.45, 2.75) is 13.8 Å². The Balaban J connectivity index is 3.28. The molecule has 46 valence electrons. The molecule has 0 bridgehead atoms. The van der Waals surface area contributed by atoms with Gasteiger partial charge in [-0.2, -0.15) is 0 Å². The lowest BCUT2D eigenvalue weighted by Gasteiger charge is -2.12. The molecule has 0 amide bonds. The molecule has 0 fully saturated rings. The zero-order chi connectivity index (χ0) is 6.57. The largest absolute Gasteiger partial charge is 0.336 e. The summed E-state index contributed by atoms with van der Waals surface area (Å²) in [5.41, 5.74) is 0. The van der Waals surface area contributed by atoms with Gasteiger partial charge >= 0.3 is 0 Å². The third-order valence-corrected chi connectivity index (χ3v) is 0.859. The van der Waals surface area contributed by atoms with Crippen LogP contribution in [-0.2, 0) is 0 Å². The summed E-state index contributed by atoms with van der Waals surface area (Å²) in [5, 5.41) is 0. The van der Waals surface area contributed by atoms with Crippen LogP contribution in [0.2, 0.25) is 0 Å². The Kier molecular flexibility index (Phi) is 3.10. The van der Waals surface area contributed by atoms with Crippen LogP contribution in [0.15, 0.2) is 0 Å². The quantitative estimate of drug-likeness (QED) is 0.382. The van der Waals surface area contributed by atoms with Gasteiger partial charge in [-0.3, -0.25) is 0 Å². The molecule has 0 heterocycles. The molecule has 0 aromatic carbocycles. The smallest absolute Gasteiger partial charge is 0.0280 e. The molecule has 0 aliphatic carbocycles. The lowest BCUT2D eigenvalue weighted by Crippen LogP contribution is -2.16. The fourth-order valence-electron chi connectivity index (χ4n) is 0.600. The lowest BCUT2D eigenvalue weighted by molar-refractivity contribution is 0.409. The van der Waals surface area contributed by atoms with Gasteiger partial charge in [-0.25, -0.2) is 0 Å². The van der Waals surface area contributed by atoms with E-state index in [-0.39, 0.29) is 0 Å². The van der Waals surface area contributed by atoms with Gasteiger partial charge in [0.05, 0.1) is 0 Å². The minimum atomic E-state index is 0.663. The molecule has 0 rings (SSSR count). The predicted octanol–water partition coefficient (Wildman–Crippen LogP) is 1.16. The fourth-order valence-corrected chi connectivity index (χ4v) is 0.600. The van der Waals surface area contributed by atoms with E-state index in [0.717, 1.165) is 6.54 Å². The molecule has 0 saturated carbocycles. The first kappa shape index (κ1) is 7.36. The third kappa shape index (κ3) is 3.55. The van der Waals surface area contributed by atoms with Crippen molar-refractivity contribution in [2.75, 3.05) is 13.6 Å². The summed E-state index contributed by atoms with van der Waals surface area (Å²) < 4.78 is 0. The molecular weight excluding hydrogens is 98.1 g/mol. The number of terminal acetylenes is 1. The van der Waals surface area contributed by atoms with E-state index >= 15 is 0 Å². The van der Waals surface area contributed by atoms with Gasteiger partial charge in [0, 0.05) is 19.6 Å². The van der Waals surface area contributed by atoms with Crippen LogP contribution < -0.4 is 0 Å². The van der Waals surface area contributed by atoms with Gasteiger partial charge < -0.3 is 4.90 Å². The molecule has 0 N–H and O–H groups in total. The normalized spacial score (nSPS) is 8.88. The average molecular weight is 111 g/mol. The van der Waals surface area contributed by atoms with E-state index in [4.69, 9.17) is 6.42 Å². The second-order valence-electron chi connectivity index (χ2n) is 2.40. The minimum Gasteiger partial charge on any atom is -0.336 e. The number of hydrogen-bond acceptors (Lipinski definition) is 1. The van der Waals surface area contributed by atoms with E-state index in [2.05, 4.69) is 19.9 Å². The third-order valence-electron chi connectivity index (χ3n) is 0.859. The zero-order valence-corrected chi connectivity index (χ0v) is 5.81. The standard InChI is InChI=1S/C7H13N/c1-5-8(4)6-7(2)3/h1,7H,6H2,2-4H3. The molecule has 0 aromatic rings. The summed E-state index contributed by atoms with van der Waals surface area (Å²) in [6.45, 7) is 5.28. The minimum absolute atomic E-state index is 0.663. The second-order valence-corrected chi connectivity index (χ2v) is 2.40. The van der Waals surface area contributed by atoms with Crippen molar-refractivity contribution in [1.29, 1.82) is 0 Å². The van der Waals surface area contributed by atoms with Gasteiger partial charge in [0.25, 0.3) is 0 Å². The van der Waals surface area contributed by atoms with Gasteiger partial charge in [0.2, 0.25) is 0 Å². The summed E-state index contributed by atoms with van der Waals surface area (Å²) in [4.78, 5) is 1.85. The van der Waals surface area contributed by atoms with Gasteiger partial charge in [0.15, 0.2) is 0 Å². The molecule has 1 heteroatoms. The highest BCUT2D eigenvalue weighted by Crippen LogP contribution is 1.92. The molecule has 0 aliphatic heterocycles. The van der Waals surface area contributed by atoms with Crippen LogP contribution >= 0.6 is 0 Å². The monoisotopic (exact) mass is 111 g/mol. The van der Waals surface area contributed by atoms with Crippen molar-refractivity contribution in [3.05, 3.63) is 0 Å². The zero-order valence-electron chi connectivity index (χ0n) is 5.81. The van der Waals surface area contributed by atoms with Crippen LogP contribution in [0.3, 0.4) is 0 Å². The molecule has 0 aliphatic rings. The highest BCUT2D eigenvalue weighted by Gasteiger charge is 1.93. The van der Waals surface area contributed by atoms with Crippen molar-refractivity contribution < 1.29 is 0 Å². The molecule has 0 unspecified atom stereocenters. The Morgan fingerprint density at radius 2 is 2.12 bits per heavy atom. The maximum atomic E-state index is 5.10. The summed E-state index contributed by atoms with van der Waals surface area (Å²) in [7, 11) is 1.92. The van der Waals surface area contributed by atoms with Gasteiger partial charge in [-0.15, -0.1) is 0 Å². The van der Waals surface area contributed by atoms with Crippen molar-refractivity contribution in [2.24, 2.45) is 5.92 Å². The maximum Gasteiger partial charge on any atom is 0.0280 e. The van der Waals surface area contributed by atoms with Crippen LogP contribution in [-0.4, -0.2) is 18.5 Å². The molecule has 0 aromatic heterocycles. The summed E-state index contributed by atoms with van der Waals surface area (Å²) in [5.74, 6) is 0.663. The van der Waals surface area contributed by atoms with Crippen LogP contribution in [0.25, 0.3) is 0 Å². The van der Waals surface area contributed by atoms with Crippen LogP contribution in [0.5, 0.6) is 0 Å². The highest BCUT2D eigenvalue weighted by atomic mass is 15.1. The summed E-state index contributed by atoms with van der Waals surface area (Å²) in [6, 6.07) is 2.53. The Morgan fingerprint density at radius 1 is 1.62 bits per heavy atom. The molecule has 0 atom stereocenters. The fraction of sp³-hybridized carbons (Fsp3) is 0.714. The molecule has 1 nitrogen and oxygen atoms in total. The Bertz CT molecular complexity index is 89.1. The van der Waals surface area contributed by atoms with Gasteiger partial charge in [0.1, 0.15) is 0 Å². The number of nitrogens with zero attached hydrogens (tertiary/aromatic N) is 1. The molecule has 0 saturated heterocycles. The van der Waals surface area contributed by atoms with Crippen LogP contribution in [0, 0.1) is 18.4 Å². The highest BCUT2D eigenvalue weighted by molar-refractivity contribution is 4.82. The lowest BCUT2D eigenvalue weighted by atomic mass is 10.2. The first-order valence-electron chi connectivity index (χ1n) is 2.84. The van der Waals surface area contributed by atoms with E-state index < -0.39 is 0 Å². The Morgan fingerprint density at radius 3 is 2.25 bits per heavy atom. The average Bonchev–Trinajstić information content (AvgIpc) is 1.65. The van der Waals surface area contributed by atoms with E-state index in [1.54, 1.807) is 0 Å². The number of rotatable bonds is 2. The van der Waals surface area contributed by atoms with Crippen LogP contribution in [0.4, 0.5) is 0 Å². The Hall–Kier alpha value is -0.640. The van der Waals surface area contributed by atoms with Gasteiger partial charge in [-0.05, 0) is 5.92 Å². The number of hydrogen-bond donors (Lipinski definition) is 0. The van der Waals surface area contributed by atoms with E-state index in [0.29, 0.717) is 5.92 Å². The van der Waals surface area contributed by atoms with Crippen molar-refractivity contribution in [3.8, 4) is 12.5 Å². The van der Waals surface area contributed by atoms with E-state index in [1.165, 1.54) is 0 Å². The van der Waals surface area contributed by atoms with Crippen molar-refractivity contribution in [3.63, 3.8) is 0 Å². The molecule has 0 radical (unpaired) electrons. The summed E-state index contributed by atoms with van der Waals surface area (Å²) in [6.07, 6.45) is 5.10. The predicted molar refractivity (Wildman–Crippen MR) is 36.3 cm³/mol. The SMILES string of the molecule is C#CN(C)CC(C)C. The molecule has 8 heavy (non-hydrogen) atoms. The summed E-state index contributed by atoms with van der Waals surface area (Å²) >= 11 is 0. The second kappa shape index (κ2) is 3.37. The van der Waals surface area contributed by atoms with E-state index in [1.807, 2.05) is 11.9 Å². The van der Waals surface area contributed by atoms with Crippen molar-refractivity contribution >= 4 is 0 Å². The molecular formula is C7H13N. The maximum absolute atomic E-state index is 5.10. The Labute approximate surface area is 51.7 Å². The topological polar surface area (TPSA) is 3.24 Å².